The standard InChI is InChI=1S/C42H49FN6O6/c1-25(2)54-38-22-35-29(20-32(38)40(51)44-34-4-3-17-48(42(34)53)36-21-33(36)43)24-49(46-35)30-9-5-26(6-10-30)23-47-18-15-28(16-19-47)27-7-11-31(12-8-27)55-37-13-14-39(50)45-41(37)52/h3-4,7-8,11-12,17,20,22,24-26,28,30,33,36-37H,5-6,9-10,13-16,18-19,21,23H2,1-2H3,(H,44,51)(H,45,50,52)/t26-,30-,33-,36+,37?/m1/s1. The summed E-state index contributed by atoms with van der Waals surface area (Å²) in [6.45, 7) is 7.04. The van der Waals surface area contributed by atoms with Gasteiger partial charge in [0, 0.05) is 49.7 Å². The van der Waals surface area contributed by atoms with Crippen LogP contribution in [-0.4, -0.2) is 75.0 Å². The SMILES string of the molecule is CC(C)Oc1cc2nn([C@H]3CC[C@H](CN4CCC(c5ccc(OC6CCC(=O)NC6=O)cc5)CC4)CC3)cc2cc1C(=O)Nc1cccn([C@H]2C[C@H]2F)c1=O. The van der Waals surface area contributed by atoms with Crippen molar-refractivity contribution in [3.63, 3.8) is 0 Å². The van der Waals surface area contributed by atoms with Gasteiger partial charge in [0.15, 0.2) is 6.10 Å². The molecule has 8 rings (SSSR count). The largest absolute Gasteiger partial charge is 0.490 e. The van der Waals surface area contributed by atoms with Crippen molar-refractivity contribution in [3.05, 3.63) is 82.4 Å². The Kier molecular flexibility index (Phi) is 10.5. The predicted octanol–water partition coefficient (Wildman–Crippen LogP) is 6.32. The smallest absolute Gasteiger partial charge is 0.274 e. The molecule has 0 radical (unpaired) electrons. The van der Waals surface area contributed by atoms with Gasteiger partial charge in [0.25, 0.3) is 17.4 Å². The van der Waals surface area contributed by atoms with E-state index in [9.17, 15) is 23.6 Å². The summed E-state index contributed by atoms with van der Waals surface area (Å²) in [6.07, 6.45) is 9.26. The molecule has 1 unspecified atom stereocenters. The van der Waals surface area contributed by atoms with Gasteiger partial charge in [-0.1, -0.05) is 12.1 Å². The minimum atomic E-state index is -1.04. The Labute approximate surface area is 319 Å². The summed E-state index contributed by atoms with van der Waals surface area (Å²) in [6, 6.07) is 14.6. The van der Waals surface area contributed by atoms with Crippen LogP contribution in [0.3, 0.4) is 0 Å². The quantitative estimate of drug-likeness (QED) is 0.170. The van der Waals surface area contributed by atoms with Gasteiger partial charge >= 0.3 is 0 Å². The van der Waals surface area contributed by atoms with Crippen LogP contribution in [0.5, 0.6) is 11.5 Å². The van der Waals surface area contributed by atoms with E-state index in [0.717, 1.165) is 69.1 Å². The normalized spacial score (nSPS) is 24.8. The van der Waals surface area contributed by atoms with E-state index in [4.69, 9.17) is 14.6 Å². The highest BCUT2D eigenvalue weighted by Crippen LogP contribution is 2.38. The Morgan fingerprint density at radius 2 is 1.75 bits per heavy atom. The van der Waals surface area contributed by atoms with Crippen LogP contribution in [-0.2, 0) is 9.59 Å². The number of hydrogen-bond donors (Lipinski definition) is 2. The molecule has 4 aliphatic rings. The molecule has 0 spiro atoms. The first-order chi connectivity index (χ1) is 26.6. The van der Waals surface area contributed by atoms with E-state index >= 15 is 0 Å². The number of alkyl halides is 1. The maximum Gasteiger partial charge on any atom is 0.274 e. The predicted molar refractivity (Wildman–Crippen MR) is 205 cm³/mol. The minimum absolute atomic E-state index is 0.102. The number of anilines is 1. The molecule has 0 bridgehead atoms. The summed E-state index contributed by atoms with van der Waals surface area (Å²) in [5.41, 5.74) is 2.03. The highest BCUT2D eigenvalue weighted by Gasteiger charge is 2.40. The zero-order chi connectivity index (χ0) is 38.2. The van der Waals surface area contributed by atoms with E-state index in [1.54, 1.807) is 24.4 Å². The van der Waals surface area contributed by atoms with Gasteiger partial charge in [-0.3, -0.25) is 29.2 Å². The van der Waals surface area contributed by atoms with Crippen LogP contribution in [0.4, 0.5) is 10.1 Å². The van der Waals surface area contributed by atoms with Crippen molar-refractivity contribution >= 4 is 34.3 Å². The third kappa shape index (κ3) is 8.31. The monoisotopic (exact) mass is 752 g/mol. The average molecular weight is 753 g/mol. The van der Waals surface area contributed by atoms with Crippen LogP contribution >= 0.6 is 0 Å². The number of pyridine rings is 1. The number of carbonyl (C=O) groups excluding carboxylic acids is 3. The van der Waals surface area contributed by atoms with Crippen LogP contribution < -0.4 is 25.7 Å². The molecule has 3 atom stereocenters. The fourth-order valence-corrected chi connectivity index (χ4v) is 8.46. The third-order valence-electron chi connectivity index (χ3n) is 11.6. The number of benzene rings is 2. The topological polar surface area (TPSA) is 137 Å². The lowest BCUT2D eigenvalue weighted by Crippen LogP contribution is -2.46. The molecule has 290 valence electrons. The summed E-state index contributed by atoms with van der Waals surface area (Å²) < 4.78 is 29.0. The Morgan fingerprint density at radius 3 is 2.44 bits per heavy atom. The number of amides is 3. The van der Waals surface area contributed by atoms with Gasteiger partial charge in [0.05, 0.1) is 29.3 Å². The van der Waals surface area contributed by atoms with E-state index in [1.807, 2.05) is 36.9 Å². The van der Waals surface area contributed by atoms with Gasteiger partial charge in [0.1, 0.15) is 23.4 Å². The number of ether oxygens (including phenoxy) is 2. The molecule has 2 aromatic heterocycles. The third-order valence-corrected chi connectivity index (χ3v) is 11.6. The molecule has 55 heavy (non-hydrogen) atoms. The maximum atomic E-state index is 13.7. The molecule has 2 aromatic carbocycles. The minimum Gasteiger partial charge on any atom is -0.490 e. The number of fused-ring (bicyclic) bond motifs is 1. The van der Waals surface area contributed by atoms with Gasteiger partial charge < -0.3 is 24.3 Å². The molecular weight excluding hydrogens is 703 g/mol. The Hall–Kier alpha value is -5.04. The van der Waals surface area contributed by atoms with Gasteiger partial charge in [-0.2, -0.15) is 5.10 Å². The van der Waals surface area contributed by atoms with Crippen molar-refractivity contribution in [1.82, 2.24) is 24.6 Å². The molecule has 2 aliphatic heterocycles. The lowest BCUT2D eigenvalue weighted by Gasteiger charge is -2.36. The zero-order valence-corrected chi connectivity index (χ0v) is 31.4. The van der Waals surface area contributed by atoms with Crippen molar-refractivity contribution < 1.29 is 28.2 Å². The molecule has 13 heteroatoms. The van der Waals surface area contributed by atoms with Crippen LogP contribution in [0.1, 0.15) is 106 Å². The Morgan fingerprint density at radius 1 is 1.00 bits per heavy atom. The van der Waals surface area contributed by atoms with Crippen molar-refractivity contribution in [3.8, 4) is 11.5 Å². The number of carbonyl (C=O) groups is 3. The summed E-state index contributed by atoms with van der Waals surface area (Å²) in [5, 5.41) is 10.9. The molecule has 3 amide bonds. The summed E-state index contributed by atoms with van der Waals surface area (Å²) in [7, 11) is 0. The van der Waals surface area contributed by atoms with Crippen molar-refractivity contribution in [1.29, 1.82) is 0 Å². The molecular formula is C42H49FN6O6. The number of nitrogens with one attached hydrogen (secondary N) is 2. The van der Waals surface area contributed by atoms with Crippen LogP contribution in [0, 0.1) is 5.92 Å². The molecule has 12 nitrogen and oxygen atoms in total. The second kappa shape index (κ2) is 15.6. The fraction of sp³-hybridized carbons (Fsp3) is 0.500. The molecule has 2 N–H and O–H groups in total. The van der Waals surface area contributed by atoms with Crippen molar-refractivity contribution in [2.24, 2.45) is 5.92 Å². The molecule has 2 saturated heterocycles. The lowest BCUT2D eigenvalue weighted by molar-refractivity contribution is -0.138. The number of hydrogen-bond acceptors (Lipinski definition) is 8. The fourth-order valence-electron chi connectivity index (χ4n) is 8.46. The van der Waals surface area contributed by atoms with Crippen LogP contribution in [0.15, 0.2) is 65.7 Å². The number of rotatable bonds is 11. The number of halogens is 1. The molecule has 4 heterocycles. The number of piperidine rings is 2. The first-order valence-electron chi connectivity index (χ1n) is 19.8. The highest BCUT2D eigenvalue weighted by molar-refractivity contribution is 6.08. The van der Waals surface area contributed by atoms with Gasteiger partial charge in [-0.15, -0.1) is 0 Å². The average Bonchev–Trinajstić information content (AvgIpc) is 3.75. The molecule has 2 aliphatic carbocycles. The van der Waals surface area contributed by atoms with Crippen LogP contribution in [0.25, 0.3) is 10.9 Å². The van der Waals surface area contributed by atoms with E-state index < -0.39 is 29.8 Å². The van der Waals surface area contributed by atoms with E-state index in [-0.39, 0.29) is 29.6 Å². The number of imide groups is 1. The number of likely N-dealkylation sites (tertiary alicyclic amines) is 1. The summed E-state index contributed by atoms with van der Waals surface area (Å²) >= 11 is 0. The van der Waals surface area contributed by atoms with Gasteiger partial charge in [-0.05, 0) is 113 Å². The Balaban J connectivity index is 0.845. The molecule has 2 saturated carbocycles. The number of nitrogens with zero attached hydrogens (tertiary/aromatic N) is 4. The maximum absolute atomic E-state index is 13.7. The van der Waals surface area contributed by atoms with E-state index in [1.165, 1.54) is 16.2 Å². The van der Waals surface area contributed by atoms with Gasteiger partial charge in [-0.25, -0.2) is 4.39 Å². The lowest BCUT2D eigenvalue weighted by atomic mass is 9.84. The highest BCUT2D eigenvalue weighted by atomic mass is 19.1. The second-order valence-electron chi connectivity index (χ2n) is 16.0. The number of aromatic nitrogens is 3. The zero-order valence-electron chi connectivity index (χ0n) is 31.4. The first kappa shape index (κ1) is 36.9. The van der Waals surface area contributed by atoms with Crippen LogP contribution in [0.2, 0.25) is 0 Å². The summed E-state index contributed by atoms with van der Waals surface area (Å²) in [4.78, 5) is 52.7. The molecule has 4 fully saturated rings. The second-order valence-corrected chi connectivity index (χ2v) is 16.0. The van der Waals surface area contributed by atoms with Gasteiger partial charge in [0.2, 0.25) is 5.91 Å². The van der Waals surface area contributed by atoms with Crippen molar-refractivity contribution in [2.75, 3.05) is 25.0 Å². The van der Waals surface area contributed by atoms with E-state index in [2.05, 4.69) is 27.7 Å². The Bertz CT molecular complexity index is 2110. The molecule has 4 aromatic rings. The van der Waals surface area contributed by atoms with Crippen molar-refractivity contribution in [2.45, 2.75) is 108 Å². The van der Waals surface area contributed by atoms with E-state index in [0.29, 0.717) is 48.2 Å². The summed E-state index contributed by atoms with van der Waals surface area (Å²) in [5.74, 6) is 1.10. The first-order valence-corrected chi connectivity index (χ1v) is 19.8.